The summed E-state index contributed by atoms with van der Waals surface area (Å²) in [5.41, 5.74) is 0.895. The standard InChI is InChI=1S/C14H16ClN3O/c1-18-7-3-5-11(9-18)14-16-13(17-19-14)10-4-2-6-12(15)8-10/h2,4,6,8,11H,3,5,7,9H2,1H3. The van der Waals surface area contributed by atoms with Crippen LogP contribution >= 0.6 is 11.6 Å². The van der Waals surface area contributed by atoms with Crippen LogP contribution in [0.15, 0.2) is 28.8 Å². The fourth-order valence-electron chi connectivity index (χ4n) is 2.51. The van der Waals surface area contributed by atoms with Gasteiger partial charge in [0.05, 0.1) is 5.92 Å². The summed E-state index contributed by atoms with van der Waals surface area (Å²) in [7, 11) is 2.13. The first-order valence-electron chi connectivity index (χ1n) is 6.50. The minimum Gasteiger partial charge on any atom is -0.339 e. The molecule has 100 valence electrons. The van der Waals surface area contributed by atoms with Crippen LogP contribution in [-0.4, -0.2) is 35.2 Å². The van der Waals surface area contributed by atoms with Crippen LogP contribution in [0.25, 0.3) is 11.4 Å². The Hall–Kier alpha value is -1.39. The maximum Gasteiger partial charge on any atom is 0.231 e. The lowest BCUT2D eigenvalue weighted by molar-refractivity contribution is 0.220. The zero-order valence-electron chi connectivity index (χ0n) is 10.8. The molecular weight excluding hydrogens is 262 g/mol. The van der Waals surface area contributed by atoms with E-state index in [1.54, 1.807) is 0 Å². The first-order valence-corrected chi connectivity index (χ1v) is 6.88. The van der Waals surface area contributed by atoms with Crippen molar-refractivity contribution in [3.8, 4) is 11.4 Å². The molecular formula is C14H16ClN3O. The molecule has 1 aliphatic heterocycles. The average molecular weight is 278 g/mol. The van der Waals surface area contributed by atoms with E-state index in [2.05, 4.69) is 22.1 Å². The van der Waals surface area contributed by atoms with Crippen molar-refractivity contribution >= 4 is 11.6 Å². The van der Waals surface area contributed by atoms with Crippen molar-refractivity contribution in [2.75, 3.05) is 20.1 Å². The Balaban J connectivity index is 1.83. The Morgan fingerprint density at radius 1 is 1.42 bits per heavy atom. The van der Waals surface area contributed by atoms with Gasteiger partial charge < -0.3 is 9.42 Å². The van der Waals surface area contributed by atoms with Crippen LogP contribution in [-0.2, 0) is 0 Å². The summed E-state index contributed by atoms with van der Waals surface area (Å²) in [5, 5.41) is 4.75. The van der Waals surface area contributed by atoms with Crippen LogP contribution < -0.4 is 0 Å². The van der Waals surface area contributed by atoms with Crippen molar-refractivity contribution in [1.29, 1.82) is 0 Å². The van der Waals surface area contributed by atoms with Gasteiger partial charge in [-0.25, -0.2) is 0 Å². The van der Waals surface area contributed by atoms with Crippen molar-refractivity contribution in [2.24, 2.45) is 0 Å². The van der Waals surface area contributed by atoms with E-state index >= 15 is 0 Å². The van der Waals surface area contributed by atoms with Gasteiger partial charge in [0.2, 0.25) is 11.7 Å². The Kier molecular flexibility index (Phi) is 3.53. The highest BCUT2D eigenvalue weighted by Gasteiger charge is 2.24. The summed E-state index contributed by atoms with van der Waals surface area (Å²) in [6, 6.07) is 7.51. The Bertz CT molecular complexity index is 569. The number of benzene rings is 1. The van der Waals surface area contributed by atoms with E-state index in [4.69, 9.17) is 16.1 Å². The quantitative estimate of drug-likeness (QED) is 0.845. The molecule has 5 heteroatoms. The molecule has 19 heavy (non-hydrogen) atoms. The molecule has 1 atom stereocenters. The van der Waals surface area contributed by atoms with Crippen molar-refractivity contribution < 1.29 is 4.52 Å². The van der Waals surface area contributed by atoms with Gasteiger partial charge in [-0.15, -0.1) is 0 Å². The van der Waals surface area contributed by atoms with Gasteiger partial charge in [0.15, 0.2) is 0 Å². The third-order valence-corrected chi connectivity index (χ3v) is 3.73. The molecule has 0 N–H and O–H groups in total. The van der Waals surface area contributed by atoms with E-state index in [0.29, 0.717) is 16.8 Å². The van der Waals surface area contributed by atoms with E-state index in [-0.39, 0.29) is 0 Å². The number of rotatable bonds is 2. The van der Waals surface area contributed by atoms with Gasteiger partial charge in [-0.05, 0) is 38.6 Å². The Labute approximate surface area is 117 Å². The molecule has 4 nitrogen and oxygen atoms in total. The third kappa shape index (κ3) is 2.80. The Morgan fingerprint density at radius 2 is 2.32 bits per heavy atom. The molecule has 0 bridgehead atoms. The lowest BCUT2D eigenvalue weighted by atomic mass is 9.98. The number of hydrogen-bond acceptors (Lipinski definition) is 4. The van der Waals surface area contributed by atoms with Crippen LogP contribution in [0.1, 0.15) is 24.7 Å². The minimum atomic E-state index is 0.346. The second-order valence-electron chi connectivity index (χ2n) is 5.07. The zero-order chi connectivity index (χ0) is 13.2. The summed E-state index contributed by atoms with van der Waals surface area (Å²) < 4.78 is 5.42. The number of likely N-dealkylation sites (N-methyl/N-ethyl adjacent to an activating group) is 1. The summed E-state index contributed by atoms with van der Waals surface area (Å²) in [6.45, 7) is 2.13. The summed E-state index contributed by atoms with van der Waals surface area (Å²) >= 11 is 5.98. The number of hydrogen-bond donors (Lipinski definition) is 0. The molecule has 2 heterocycles. The normalized spacial score (nSPS) is 20.6. The molecule has 0 radical (unpaired) electrons. The van der Waals surface area contributed by atoms with Crippen LogP contribution in [0.5, 0.6) is 0 Å². The third-order valence-electron chi connectivity index (χ3n) is 3.50. The van der Waals surface area contributed by atoms with Gasteiger partial charge in [-0.2, -0.15) is 4.98 Å². The summed E-state index contributed by atoms with van der Waals surface area (Å²) in [6.07, 6.45) is 2.29. The fourth-order valence-corrected chi connectivity index (χ4v) is 2.70. The molecule has 0 aliphatic carbocycles. The smallest absolute Gasteiger partial charge is 0.231 e. The van der Waals surface area contributed by atoms with E-state index in [1.165, 1.54) is 6.42 Å². The van der Waals surface area contributed by atoms with E-state index in [0.717, 1.165) is 31.0 Å². The monoisotopic (exact) mass is 277 g/mol. The maximum atomic E-state index is 5.98. The molecule has 0 saturated carbocycles. The van der Waals surface area contributed by atoms with Gasteiger partial charge in [-0.1, -0.05) is 28.9 Å². The van der Waals surface area contributed by atoms with E-state index in [1.807, 2.05) is 24.3 Å². The second-order valence-corrected chi connectivity index (χ2v) is 5.50. The van der Waals surface area contributed by atoms with Crippen LogP contribution in [0.4, 0.5) is 0 Å². The van der Waals surface area contributed by atoms with Crippen molar-refractivity contribution in [1.82, 2.24) is 15.0 Å². The number of aromatic nitrogens is 2. The van der Waals surface area contributed by atoms with Crippen molar-refractivity contribution in [2.45, 2.75) is 18.8 Å². The van der Waals surface area contributed by atoms with Crippen LogP contribution in [0.3, 0.4) is 0 Å². The van der Waals surface area contributed by atoms with Gasteiger partial charge in [0.25, 0.3) is 0 Å². The molecule has 1 saturated heterocycles. The van der Waals surface area contributed by atoms with Gasteiger partial charge in [0.1, 0.15) is 0 Å². The molecule has 1 aromatic carbocycles. The number of likely N-dealkylation sites (tertiary alicyclic amines) is 1. The lowest BCUT2D eigenvalue weighted by Gasteiger charge is -2.27. The molecule has 2 aromatic rings. The average Bonchev–Trinajstić information content (AvgIpc) is 2.88. The highest BCUT2D eigenvalue weighted by atomic mass is 35.5. The number of nitrogens with zero attached hydrogens (tertiary/aromatic N) is 3. The second kappa shape index (κ2) is 5.31. The first kappa shape index (κ1) is 12.6. The summed E-state index contributed by atoms with van der Waals surface area (Å²) in [4.78, 5) is 6.82. The highest BCUT2D eigenvalue weighted by molar-refractivity contribution is 6.30. The topological polar surface area (TPSA) is 42.2 Å². The van der Waals surface area contributed by atoms with Crippen LogP contribution in [0.2, 0.25) is 5.02 Å². The largest absolute Gasteiger partial charge is 0.339 e. The minimum absolute atomic E-state index is 0.346. The van der Waals surface area contributed by atoms with Gasteiger partial charge in [-0.3, -0.25) is 0 Å². The molecule has 1 unspecified atom stereocenters. The molecule has 1 aromatic heterocycles. The van der Waals surface area contributed by atoms with E-state index in [9.17, 15) is 0 Å². The predicted molar refractivity (Wildman–Crippen MR) is 74.2 cm³/mol. The van der Waals surface area contributed by atoms with Gasteiger partial charge >= 0.3 is 0 Å². The predicted octanol–water partition coefficient (Wildman–Crippen LogP) is 3.20. The van der Waals surface area contributed by atoms with Gasteiger partial charge in [0, 0.05) is 17.1 Å². The SMILES string of the molecule is CN1CCCC(c2nc(-c3cccc(Cl)c3)no2)C1. The molecule has 0 spiro atoms. The summed E-state index contributed by atoms with van der Waals surface area (Å²) in [5.74, 6) is 1.70. The highest BCUT2D eigenvalue weighted by Crippen LogP contribution is 2.27. The fraction of sp³-hybridized carbons (Fsp3) is 0.429. The van der Waals surface area contributed by atoms with Crippen LogP contribution in [0, 0.1) is 0 Å². The van der Waals surface area contributed by atoms with E-state index < -0.39 is 0 Å². The Morgan fingerprint density at radius 3 is 3.11 bits per heavy atom. The number of halogens is 1. The molecule has 1 aliphatic rings. The molecule has 0 amide bonds. The van der Waals surface area contributed by atoms with Crippen molar-refractivity contribution in [3.05, 3.63) is 35.2 Å². The lowest BCUT2D eigenvalue weighted by Crippen LogP contribution is -2.30. The number of piperidine rings is 1. The maximum absolute atomic E-state index is 5.98. The molecule has 3 rings (SSSR count). The first-order chi connectivity index (χ1) is 9.22. The molecule has 1 fully saturated rings. The van der Waals surface area contributed by atoms with Crippen molar-refractivity contribution in [3.63, 3.8) is 0 Å². The zero-order valence-corrected chi connectivity index (χ0v) is 11.6.